The summed E-state index contributed by atoms with van der Waals surface area (Å²) >= 11 is 0. The molecule has 2 atom stereocenters. The third-order valence-corrected chi connectivity index (χ3v) is 5.35. The van der Waals surface area contributed by atoms with Gasteiger partial charge in [0, 0.05) is 29.6 Å². The lowest BCUT2D eigenvalue weighted by atomic mass is 9.86. The van der Waals surface area contributed by atoms with Crippen molar-refractivity contribution in [2.24, 2.45) is 0 Å². The van der Waals surface area contributed by atoms with Crippen LogP contribution in [0.2, 0.25) is 0 Å². The van der Waals surface area contributed by atoms with Gasteiger partial charge in [0.05, 0.1) is 5.39 Å². The van der Waals surface area contributed by atoms with Crippen LogP contribution in [0, 0.1) is 13.8 Å². The van der Waals surface area contributed by atoms with Gasteiger partial charge < -0.3 is 19.5 Å². The van der Waals surface area contributed by atoms with Gasteiger partial charge in [0.25, 0.3) is 0 Å². The maximum absolute atomic E-state index is 12.7. The van der Waals surface area contributed by atoms with Crippen LogP contribution in [0.25, 0.3) is 11.0 Å². The molecule has 0 radical (unpaired) electrons. The third-order valence-electron chi connectivity index (χ3n) is 5.35. The first-order valence-electron chi connectivity index (χ1n) is 8.60. The highest BCUT2D eigenvalue weighted by molar-refractivity contribution is 5.82. The van der Waals surface area contributed by atoms with E-state index in [9.17, 15) is 19.8 Å². The molecule has 6 nitrogen and oxygen atoms in total. The summed E-state index contributed by atoms with van der Waals surface area (Å²) < 4.78 is 6.09. The van der Waals surface area contributed by atoms with E-state index in [4.69, 9.17) is 4.42 Å². The summed E-state index contributed by atoms with van der Waals surface area (Å²) in [5.74, 6) is 0.715. The molecule has 1 fully saturated rings. The average Bonchev–Trinajstić information content (AvgIpc) is 2.60. The Bertz CT molecular complexity index is 885. The molecule has 1 amide bonds. The molecule has 0 aliphatic carbocycles. The van der Waals surface area contributed by atoms with Crippen molar-refractivity contribution < 1.29 is 19.4 Å². The number of aromatic hydroxyl groups is 1. The van der Waals surface area contributed by atoms with E-state index in [0.717, 1.165) is 6.42 Å². The van der Waals surface area contributed by atoms with Gasteiger partial charge in [-0.2, -0.15) is 0 Å². The summed E-state index contributed by atoms with van der Waals surface area (Å²) in [6.45, 7) is 5.88. The molecule has 1 aliphatic heterocycles. The summed E-state index contributed by atoms with van der Waals surface area (Å²) in [5, 5.41) is 19.7. The first-order chi connectivity index (χ1) is 11.8. The number of piperidine rings is 1. The zero-order chi connectivity index (χ0) is 18.3. The fourth-order valence-electron chi connectivity index (χ4n) is 3.81. The largest absolute Gasteiger partial charge is 0.508 e. The Morgan fingerprint density at radius 1 is 1.32 bits per heavy atom. The van der Waals surface area contributed by atoms with Crippen LogP contribution in [0.3, 0.4) is 0 Å². The van der Waals surface area contributed by atoms with E-state index in [-0.39, 0.29) is 23.1 Å². The number of phenols is 1. The molecule has 2 N–H and O–H groups in total. The Hall–Kier alpha value is -2.50. The maximum Gasteiger partial charge on any atom is 0.407 e. The van der Waals surface area contributed by atoms with Crippen molar-refractivity contribution in [1.82, 2.24) is 4.90 Å². The number of carbonyl (C=O) groups is 1. The van der Waals surface area contributed by atoms with Gasteiger partial charge in [0.15, 0.2) is 5.43 Å². The van der Waals surface area contributed by atoms with E-state index in [1.807, 2.05) is 6.92 Å². The molecule has 2 unspecified atom stereocenters. The molecule has 0 saturated carbocycles. The standard InChI is InChI=1S/C19H23NO5/c1-4-13-9-12(7-8-20(13)19(23)24)17-11(3)16(22)14-5-6-15(21)10(2)18(14)25-17/h5-6,12-13,21H,4,7-9H2,1-3H3,(H,23,24). The van der Waals surface area contributed by atoms with Gasteiger partial charge in [-0.25, -0.2) is 4.79 Å². The number of aryl methyl sites for hydroxylation is 1. The van der Waals surface area contributed by atoms with Crippen LogP contribution in [0.5, 0.6) is 5.75 Å². The van der Waals surface area contributed by atoms with E-state index in [1.54, 1.807) is 19.9 Å². The van der Waals surface area contributed by atoms with Gasteiger partial charge >= 0.3 is 6.09 Å². The molecule has 1 aromatic carbocycles. The summed E-state index contributed by atoms with van der Waals surface area (Å²) in [6.07, 6.45) is 1.08. The number of amides is 1. The molecule has 6 heteroatoms. The number of rotatable bonds is 2. The second-order valence-electron chi connectivity index (χ2n) is 6.77. The van der Waals surface area contributed by atoms with Crippen LogP contribution in [0.4, 0.5) is 4.79 Å². The number of phenolic OH excluding ortho intramolecular Hbond substituents is 1. The molecular weight excluding hydrogens is 322 g/mol. The minimum atomic E-state index is -0.900. The highest BCUT2D eigenvalue weighted by Crippen LogP contribution is 2.36. The molecule has 1 aliphatic rings. The molecule has 1 saturated heterocycles. The number of benzene rings is 1. The Labute approximate surface area is 145 Å². The molecule has 0 bridgehead atoms. The number of carboxylic acid groups (broad SMARTS) is 1. The lowest BCUT2D eigenvalue weighted by Crippen LogP contribution is -2.44. The third kappa shape index (κ3) is 2.86. The topological polar surface area (TPSA) is 91.0 Å². The normalized spacial score (nSPS) is 20.8. The van der Waals surface area contributed by atoms with E-state index >= 15 is 0 Å². The second kappa shape index (κ2) is 6.43. The maximum atomic E-state index is 12.7. The predicted octanol–water partition coefficient (Wildman–Crippen LogP) is 3.75. The zero-order valence-electron chi connectivity index (χ0n) is 14.7. The fourth-order valence-corrected chi connectivity index (χ4v) is 3.81. The number of hydrogen-bond acceptors (Lipinski definition) is 4. The van der Waals surface area contributed by atoms with Crippen molar-refractivity contribution in [2.75, 3.05) is 6.54 Å². The molecular formula is C19H23NO5. The first-order valence-corrected chi connectivity index (χ1v) is 8.60. The van der Waals surface area contributed by atoms with Crippen LogP contribution < -0.4 is 5.43 Å². The Kier molecular flexibility index (Phi) is 4.45. The van der Waals surface area contributed by atoms with E-state index in [1.165, 1.54) is 11.0 Å². The molecule has 0 spiro atoms. The second-order valence-corrected chi connectivity index (χ2v) is 6.77. The van der Waals surface area contributed by atoms with Crippen molar-refractivity contribution in [2.45, 2.75) is 52.0 Å². The zero-order valence-corrected chi connectivity index (χ0v) is 14.7. The van der Waals surface area contributed by atoms with Crippen molar-refractivity contribution in [1.29, 1.82) is 0 Å². The Balaban J connectivity index is 2.07. The number of nitrogens with zero attached hydrogens (tertiary/aromatic N) is 1. The minimum absolute atomic E-state index is 0.000557. The van der Waals surface area contributed by atoms with Gasteiger partial charge in [0.1, 0.15) is 17.1 Å². The number of hydrogen-bond donors (Lipinski definition) is 2. The lowest BCUT2D eigenvalue weighted by molar-refractivity contribution is 0.0963. The summed E-state index contributed by atoms with van der Waals surface area (Å²) in [5.41, 5.74) is 1.44. The van der Waals surface area contributed by atoms with Crippen LogP contribution in [-0.4, -0.2) is 33.8 Å². The van der Waals surface area contributed by atoms with Crippen molar-refractivity contribution in [3.8, 4) is 5.75 Å². The number of fused-ring (bicyclic) bond motifs is 1. The molecule has 2 heterocycles. The predicted molar refractivity (Wildman–Crippen MR) is 94.4 cm³/mol. The summed E-state index contributed by atoms with van der Waals surface area (Å²) in [6, 6.07) is 3.01. The van der Waals surface area contributed by atoms with Crippen LogP contribution in [0.1, 0.15) is 49.0 Å². The highest BCUT2D eigenvalue weighted by Gasteiger charge is 2.33. The first kappa shape index (κ1) is 17.3. The van der Waals surface area contributed by atoms with Crippen LogP contribution >= 0.6 is 0 Å². The van der Waals surface area contributed by atoms with Crippen molar-refractivity contribution in [3.05, 3.63) is 39.2 Å². The molecule has 134 valence electrons. The average molecular weight is 345 g/mol. The Morgan fingerprint density at radius 3 is 2.68 bits per heavy atom. The van der Waals surface area contributed by atoms with Crippen LogP contribution in [0.15, 0.2) is 21.3 Å². The van der Waals surface area contributed by atoms with Gasteiger partial charge in [-0.3, -0.25) is 4.79 Å². The molecule has 1 aromatic heterocycles. The van der Waals surface area contributed by atoms with Gasteiger partial charge in [0.2, 0.25) is 0 Å². The fraction of sp³-hybridized carbons (Fsp3) is 0.474. The van der Waals surface area contributed by atoms with Gasteiger partial charge in [-0.15, -0.1) is 0 Å². The SMILES string of the molecule is CCC1CC(c2oc3c(C)c(O)ccc3c(=O)c2C)CCN1C(=O)O. The molecule has 25 heavy (non-hydrogen) atoms. The quantitative estimate of drug-likeness (QED) is 0.865. The van der Waals surface area contributed by atoms with Gasteiger partial charge in [-0.05, 0) is 45.2 Å². The minimum Gasteiger partial charge on any atom is -0.508 e. The van der Waals surface area contributed by atoms with E-state index < -0.39 is 6.09 Å². The molecule has 3 rings (SSSR count). The van der Waals surface area contributed by atoms with Crippen molar-refractivity contribution in [3.63, 3.8) is 0 Å². The van der Waals surface area contributed by atoms with E-state index in [2.05, 4.69) is 0 Å². The smallest absolute Gasteiger partial charge is 0.407 e. The monoisotopic (exact) mass is 345 g/mol. The Morgan fingerprint density at radius 2 is 2.04 bits per heavy atom. The van der Waals surface area contributed by atoms with Gasteiger partial charge in [-0.1, -0.05) is 6.92 Å². The number of likely N-dealkylation sites (tertiary alicyclic amines) is 1. The highest BCUT2D eigenvalue weighted by atomic mass is 16.4. The van der Waals surface area contributed by atoms with E-state index in [0.29, 0.717) is 47.2 Å². The van der Waals surface area contributed by atoms with Crippen LogP contribution in [-0.2, 0) is 0 Å². The lowest BCUT2D eigenvalue weighted by Gasteiger charge is -2.37. The summed E-state index contributed by atoms with van der Waals surface area (Å²) in [4.78, 5) is 25.6. The van der Waals surface area contributed by atoms with Crippen molar-refractivity contribution >= 4 is 17.1 Å². The molecule has 2 aromatic rings. The summed E-state index contributed by atoms with van der Waals surface area (Å²) in [7, 11) is 0.